The van der Waals surface area contributed by atoms with Crippen molar-refractivity contribution in [1.82, 2.24) is 5.32 Å². The molecule has 3 heteroatoms. The highest BCUT2D eigenvalue weighted by molar-refractivity contribution is 5.70. The number of esters is 1. The van der Waals surface area contributed by atoms with Gasteiger partial charge in [-0.05, 0) is 43.0 Å². The van der Waals surface area contributed by atoms with Gasteiger partial charge in [0.15, 0.2) is 0 Å². The van der Waals surface area contributed by atoms with Gasteiger partial charge in [-0.2, -0.15) is 0 Å². The summed E-state index contributed by atoms with van der Waals surface area (Å²) in [7, 11) is 3.30. The molecule has 1 aliphatic rings. The minimum absolute atomic E-state index is 0.0494. The van der Waals surface area contributed by atoms with Gasteiger partial charge in [0.2, 0.25) is 0 Å². The molecule has 0 aromatic heterocycles. The zero-order chi connectivity index (χ0) is 12.3. The van der Waals surface area contributed by atoms with E-state index in [-0.39, 0.29) is 12.0 Å². The van der Waals surface area contributed by atoms with E-state index < -0.39 is 0 Å². The molecule has 0 spiro atoms. The molecule has 1 atom stereocenters. The first-order chi connectivity index (χ1) is 8.24. The van der Waals surface area contributed by atoms with E-state index in [2.05, 4.69) is 23.5 Å². The molecule has 1 aliphatic carbocycles. The Kier molecular flexibility index (Phi) is 3.79. The number of rotatable bonds is 4. The fourth-order valence-corrected chi connectivity index (χ4v) is 2.45. The zero-order valence-corrected chi connectivity index (χ0v) is 10.5. The molecular weight excluding hydrogens is 214 g/mol. The largest absolute Gasteiger partial charge is 0.469 e. The number of carbonyl (C=O) groups is 1. The number of nitrogens with one attached hydrogen (secondary N) is 1. The van der Waals surface area contributed by atoms with Gasteiger partial charge >= 0.3 is 5.97 Å². The molecule has 92 valence electrons. The van der Waals surface area contributed by atoms with Gasteiger partial charge in [0.1, 0.15) is 0 Å². The molecule has 1 unspecified atom stereocenters. The van der Waals surface area contributed by atoms with Crippen molar-refractivity contribution in [2.45, 2.75) is 31.7 Å². The maximum Gasteiger partial charge on any atom is 0.307 e. The predicted molar refractivity (Wildman–Crippen MR) is 66.9 cm³/mol. The summed E-state index contributed by atoms with van der Waals surface area (Å²) in [5.41, 5.74) is 4.08. The van der Waals surface area contributed by atoms with Gasteiger partial charge in [-0.15, -0.1) is 0 Å². The first-order valence-electron chi connectivity index (χ1n) is 6.10. The van der Waals surface area contributed by atoms with Crippen LogP contribution in [0.4, 0.5) is 0 Å². The predicted octanol–water partition coefficient (Wildman–Crippen LogP) is 2.00. The third-order valence-corrected chi connectivity index (χ3v) is 3.47. The van der Waals surface area contributed by atoms with Crippen molar-refractivity contribution >= 4 is 5.97 Å². The van der Waals surface area contributed by atoms with Crippen LogP contribution >= 0.6 is 0 Å². The number of hydrogen-bond donors (Lipinski definition) is 1. The topological polar surface area (TPSA) is 38.3 Å². The summed E-state index contributed by atoms with van der Waals surface area (Å²) < 4.78 is 4.72. The molecule has 0 saturated carbocycles. The molecule has 0 aliphatic heterocycles. The SMILES string of the molecule is CNC(CC(=O)OC)c1ccc2c(c1)CCC2. The van der Waals surface area contributed by atoms with Gasteiger partial charge in [-0.1, -0.05) is 18.2 Å². The van der Waals surface area contributed by atoms with E-state index in [1.165, 1.54) is 36.6 Å². The Morgan fingerprint density at radius 2 is 2.18 bits per heavy atom. The van der Waals surface area contributed by atoms with Crippen LogP contribution in [0.5, 0.6) is 0 Å². The van der Waals surface area contributed by atoms with Crippen LogP contribution in [0.25, 0.3) is 0 Å². The monoisotopic (exact) mass is 233 g/mol. The summed E-state index contributed by atoms with van der Waals surface area (Å²) in [6, 6.07) is 6.59. The normalized spacial score (nSPS) is 15.4. The van der Waals surface area contributed by atoms with Gasteiger partial charge in [0.25, 0.3) is 0 Å². The van der Waals surface area contributed by atoms with E-state index in [9.17, 15) is 4.79 Å². The number of methoxy groups -OCH3 is 1. The van der Waals surface area contributed by atoms with Crippen molar-refractivity contribution in [1.29, 1.82) is 0 Å². The maximum atomic E-state index is 11.3. The second kappa shape index (κ2) is 5.32. The van der Waals surface area contributed by atoms with Crippen molar-refractivity contribution < 1.29 is 9.53 Å². The lowest BCUT2D eigenvalue weighted by Crippen LogP contribution is -2.20. The maximum absolute atomic E-state index is 11.3. The Bertz CT molecular complexity index is 415. The highest BCUT2D eigenvalue weighted by atomic mass is 16.5. The summed E-state index contributed by atoms with van der Waals surface area (Å²) in [6.07, 6.45) is 3.99. The number of hydrogen-bond acceptors (Lipinski definition) is 3. The minimum Gasteiger partial charge on any atom is -0.469 e. The lowest BCUT2D eigenvalue weighted by Gasteiger charge is -2.16. The van der Waals surface area contributed by atoms with Gasteiger partial charge in [-0.3, -0.25) is 4.79 Å². The second-order valence-electron chi connectivity index (χ2n) is 4.50. The average molecular weight is 233 g/mol. The van der Waals surface area contributed by atoms with Gasteiger partial charge in [0, 0.05) is 6.04 Å². The summed E-state index contributed by atoms with van der Waals surface area (Å²) in [4.78, 5) is 11.3. The van der Waals surface area contributed by atoms with Crippen LogP contribution in [0.1, 0.15) is 35.6 Å². The van der Waals surface area contributed by atoms with Crippen molar-refractivity contribution in [3.63, 3.8) is 0 Å². The summed E-state index contributed by atoms with van der Waals surface area (Å²) in [5.74, 6) is -0.176. The van der Waals surface area contributed by atoms with Crippen molar-refractivity contribution in [2.75, 3.05) is 14.2 Å². The summed E-state index contributed by atoms with van der Waals surface area (Å²) in [6.45, 7) is 0. The van der Waals surface area contributed by atoms with Crippen LogP contribution in [0.2, 0.25) is 0 Å². The van der Waals surface area contributed by atoms with Crippen molar-refractivity contribution in [3.8, 4) is 0 Å². The van der Waals surface area contributed by atoms with E-state index >= 15 is 0 Å². The number of benzene rings is 1. The number of carbonyl (C=O) groups excluding carboxylic acids is 1. The molecule has 0 saturated heterocycles. The summed E-state index contributed by atoms with van der Waals surface area (Å²) in [5, 5.41) is 3.17. The zero-order valence-electron chi connectivity index (χ0n) is 10.5. The molecule has 1 aromatic rings. The first-order valence-corrected chi connectivity index (χ1v) is 6.10. The second-order valence-corrected chi connectivity index (χ2v) is 4.50. The molecule has 0 bridgehead atoms. The van der Waals surface area contributed by atoms with E-state index in [0.717, 1.165) is 6.42 Å². The van der Waals surface area contributed by atoms with E-state index in [4.69, 9.17) is 4.74 Å². The fraction of sp³-hybridized carbons (Fsp3) is 0.500. The molecular formula is C14H19NO2. The Morgan fingerprint density at radius 3 is 2.88 bits per heavy atom. The number of aryl methyl sites for hydroxylation is 2. The van der Waals surface area contributed by atoms with E-state index in [1.807, 2.05) is 7.05 Å². The van der Waals surface area contributed by atoms with Crippen LogP contribution in [0.3, 0.4) is 0 Å². The molecule has 1 aromatic carbocycles. The molecule has 2 rings (SSSR count). The highest BCUT2D eigenvalue weighted by Gasteiger charge is 2.17. The Hall–Kier alpha value is -1.35. The molecule has 0 heterocycles. The Morgan fingerprint density at radius 1 is 1.41 bits per heavy atom. The molecule has 0 amide bonds. The van der Waals surface area contributed by atoms with Crippen LogP contribution in [0, 0.1) is 0 Å². The standard InChI is InChI=1S/C14H19NO2/c1-15-13(9-14(16)17-2)12-7-6-10-4-3-5-11(10)8-12/h6-8,13,15H,3-5,9H2,1-2H3. The molecule has 0 fully saturated rings. The third kappa shape index (κ3) is 2.67. The van der Waals surface area contributed by atoms with Gasteiger partial charge < -0.3 is 10.1 Å². The van der Waals surface area contributed by atoms with Gasteiger partial charge in [0.05, 0.1) is 13.5 Å². The van der Waals surface area contributed by atoms with E-state index in [1.54, 1.807) is 0 Å². The Labute approximate surface area is 102 Å². The van der Waals surface area contributed by atoms with Crippen LogP contribution in [-0.4, -0.2) is 20.1 Å². The van der Waals surface area contributed by atoms with Gasteiger partial charge in [-0.25, -0.2) is 0 Å². The average Bonchev–Trinajstić information content (AvgIpc) is 2.82. The third-order valence-electron chi connectivity index (χ3n) is 3.47. The smallest absolute Gasteiger partial charge is 0.307 e. The van der Waals surface area contributed by atoms with Crippen molar-refractivity contribution in [3.05, 3.63) is 34.9 Å². The van der Waals surface area contributed by atoms with Crippen molar-refractivity contribution in [2.24, 2.45) is 0 Å². The quantitative estimate of drug-likeness (QED) is 0.808. The van der Waals surface area contributed by atoms with Crippen LogP contribution in [-0.2, 0) is 22.4 Å². The lowest BCUT2D eigenvalue weighted by molar-refractivity contribution is -0.141. The van der Waals surface area contributed by atoms with Crippen LogP contribution in [0.15, 0.2) is 18.2 Å². The number of fused-ring (bicyclic) bond motifs is 1. The summed E-state index contributed by atoms with van der Waals surface area (Å²) >= 11 is 0. The molecule has 3 nitrogen and oxygen atoms in total. The molecule has 17 heavy (non-hydrogen) atoms. The van der Waals surface area contributed by atoms with E-state index in [0.29, 0.717) is 6.42 Å². The molecule has 1 N–H and O–H groups in total. The minimum atomic E-state index is -0.176. The number of ether oxygens (including phenoxy) is 1. The lowest BCUT2D eigenvalue weighted by atomic mass is 9.99. The first kappa shape index (κ1) is 12.1. The highest BCUT2D eigenvalue weighted by Crippen LogP contribution is 2.26. The Balaban J connectivity index is 2.16. The molecule has 0 radical (unpaired) electrons. The fourth-order valence-electron chi connectivity index (χ4n) is 2.45. The van der Waals surface area contributed by atoms with Crippen LogP contribution < -0.4 is 5.32 Å².